The number of hydrogen-bond acceptors (Lipinski definition) is 2. The lowest BCUT2D eigenvalue weighted by Gasteiger charge is -2.39. The van der Waals surface area contributed by atoms with Gasteiger partial charge in [0.15, 0.2) is 0 Å². The molecular formula is C20H42O3S. The molecule has 4 N–H and O–H groups in total. The van der Waals surface area contributed by atoms with E-state index in [1.807, 2.05) is 0 Å². The molecule has 2 fully saturated rings. The molecule has 24 heavy (non-hydrogen) atoms. The van der Waals surface area contributed by atoms with Crippen LogP contribution < -0.4 is 0 Å². The summed E-state index contributed by atoms with van der Waals surface area (Å²) in [5.41, 5.74) is 0.479. The van der Waals surface area contributed by atoms with Crippen LogP contribution in [0.1, 0.15) is 92.9 Å². The van der Waals surface area contributed by atoms with Crippen molar-refractivity contribution in [3.8, 4) is 0 Å². The third kappa shape index (κ3) is 8.07. The first kappa shape index (κ1) is 24.2. The fourth-order valence-electron chi connectivity index (χ4n) is 4.12. The molecule has 0 unspecified atom stereocenters. The van der Waals surface area contributed by atoms with E-state index in [1.54, 1.807) is 0 Å². The highest BCUT2D eigenvalue weighted by molar-refractivity contribution is 8.01. The number of thioether (sulfide) groups is 1. The third-order valence-electron chi connectivity index (χ3n) is 5.43. The minimum absolute atomic E-state index is 0. The summed E-state index contributed by atoms with van der Waals surface area (Å²) in [5, 5.41) is 0.858. The van der Waals surface area contributed by atoms with Crippen molar-refractivity contribution in [1.29, 1.82) is 0 Å². The molecule has 0 bridgehead atoms. The summed E-state index contributed by atoms with van der Waals surface area (Å²) < 4.78 is 6.87. The maximum absolute atomic E-state index is 6.46. The van der Waals surface area contributed by atoms with Crippen LogP contribution in [0, 0.1) is 11.3 Å². The van der Waals surface area contributed by atoms with Gasteiger partial charge >= 0.3 is 0 Å². The van der Waals surface area contributed by atoms with Gasteiger partial charge in [-0.05, 0) is 62.7 Å². The second-order valence-electron chi connectivity index (χ2n) is 9.60. The van der Waals surface area contributed by atoms with Crippen molar-refractivity contribution in [2.75, 3.05) is 0 Å². The zero-order chi connectivity index (χ0) is 16.4. The van der Waals surface area contributed by atoms with Crippen LogP contribution in [-0.4, -0.2) is 33.2 Å². The summed E-state index contributed by atoms with van der Waals surface area (Å²) in [6.07, 6.45) is 11.7. The maximum atomic E-state index is 6.46. The Labute approximate surface area is 154 Å². The van der Waals surface area contributed by atoms with Crippen LogP contribution in [-0.2, 0) is 4.74 Å². The first-order chi connectivity index (χ1) is 10.1. The summed E-state index contributed by atoms with van der Waals surface area (Å²) in [6, 6.07) is 0. The fraction of sp³-hybridized carbons (Fsp3) is 1.00. The average molecular weight is 363 g/mol. The number of hydrogen-bond donors (Lipinski definition) is 0. The van der Waals surface area contributed by atoms with Crippen LogP contribution in [0.2, 0.25) is 0 Å². The quantitative estimate of drug-likeness (QED) is 0.723. The van der Waals surface area contributed by atoms with Gasteiger partial charge in [0.2, 0.25) is 0 Å². The molecule has 2 saturated carbocycles. The predicted molar refractivity (Wildman–Crippen MR) is 107 cm³/mol. The molecule has 0 spiro atoms. The van der Waals surface area contributed by atoms with Crippen molar-refractivity contribution in [3.05, 3.63) is 0 Å². The lowest BCUT2D eigenvalue weighted by Crippen LogP contribution is -2.33. The van der Waals surface area contributed by atoms with Gasteiger partial charge in [-0.1, -0.05) is 41.5 Å². The van der Waals surface area contributed by atoms with Crippen molar-refractivity contribution < 1.29 is 15.7 Å². The van der Waals surface area contributed by atoms with Gasteiger partial charge in [0.05, 0.1) is 12.2 Å². The minimum Gasteiger partial charge on any atom is -0.412 e. The van der Waals surface area contributed by atoms with Crippen molar-refractivity contribution in [2.45, 2.75) is 115 Å². The van der Waals surface area contributed by atoms with Gasteiger partial charge in [-0.25, -0.2) is 0 Å². The van der Waals surface area contributed by atoms with E-state index in [0.717, 1.165) is 11.2 Å². The van der Waals surface area contributed by atoms with Crippen molar-refractivity contribution in [1.82, 2.24) is 0 Å². The first-order valence-corrected chi connectivity index (χ1v) is 10.3. The summed E-state index contributed by atoms with van der Waals surface area (Å²) in [6.45, 7) is 14.2. The smallest absolute Gasteiger partial charge is 0.0579 e. The van der Waals surface area contributed by atoms with Crippen LogP contribution in [0.3, 0.4) is 0 Å². The Morgan fingerprint density at radius 3 is 1.46 bits per heavy atom. The molecule has 146 valence electrons. The largest absolute Gasteiger partial charge is 0.412 e. The zero-order valence-electron chi connectivity index (χ0n) is 16.8. The molecule has 3 nitrogen and oxygen atoms in total. The summed E-state index contributed by atoms with van der Waals surface area (Å²) in [4.78, 5) is 0. The molecule has 0 radical (unpaired) electrons. The molecule has 0 aromatic heterocycles. The van der Waals surface area contributed by atoms with E-state index < -0.39 is 0 Å². The lowest BCUT2D eigenvalue weighted by atomic mass is 9.72. The first-order valence-electron chi connectivity index (χ1n) is 9.47. The Kier molecular flexibility index (Phi) is 9.89. The van der Waals surface area contributed by atoms with Gasteiger partial charge in [-0.2, -0.15) is 11.8 Å². The van der Waals surface area contributed by atoms with Crippen molar-refractivity contribution in [2.24, 2.45) is 11.3 Å². The minimum atomic E-state index is 0. The van der Waals surface area contributed by atoms with Crippen LogP contribution in [0.25, 0.3) is 0 Å². The van der Waals surface area contributed by atoms with Gasteiger partial charge < -0.3 is 15.7 Å². The van der Waals surface area contributed by atoms with Gasteiger partial charge in [0, 0.05) is 10.00 Å². The van der Waals surface area contributed by atoms with Crippen LogP contribution in [0.15, 0.2) is 0 Å². The molecule has 0 saturated heterocycles. The highest BCUT2D eigenvalue weighted by atomic mass is 32.2. The van der Waals surface area contributed by atoms with E-state index in [9.17, 15) is 0 Å². The third-order valence-corrected chi connectivity index (χ3v) is 6.94. The molecule has 2 aliphatic rings. The number of ether oxygens (including phenoxy) is 1. The molecule has 0 aromatic rings. The fourth-order valence-corrected chi connectivity index (χ4v) is 5.63. The molecule has 2 rings (SSSR count). The van der Waals surface area contributed by atoms with Crippen molar-refractivity contribution in [3.63, 3.8) is 0 Å². The van der Waals surface area contributed by atoms with Gasteiger partial charge in [0.1, 0.15) is 0 Å². The molecular weight excluding hydrogens is 320 g/mol. The standard InChI is InChI=1S/C20H38OS.2H2O/c1-19(2,3)15-7-9-16(10-8-15)21-17-11-13-18(14-12-17)22-20(4,5)6;;/h15-18H,7-14H2,1-6H3;2*1H2. The number of rotatable bonds is 3. The van der Waals surface area contributed by atoms with Crippen LogP contribution >= 0.6 is 11.8 Å². The second kappa shape index (κ2) is 9.80. The Morgan fingerprint density at radius 2 is 1.08 bits per heavy atom. The zero-order valence-corrected chi connectivity index (χ0v) is 17.6. The SMILES string of the molecule is CC(C)(C)SC1CCC(OC2CCC(C(C)(C)C)CC2)CC1.O.O. The molecule has 4 heteroatoms. The summed E-state index contributed by atoms with van der Waals surface area (Å²) >= 11 is 2.17. The summed E-state index contributed by atoms with van der Waals surface area (Å²) in [7, 11) is 0. The van der Waals surface area contributed by atoms with Gasteiger partial charge in [-0.15, -0.1) is 0 Å². The predicted octanol–water partition coefficient (Wildman–Crippen LogP) is 4.80. The Balaban J connectivity index is 0.00000264. The molecule has 0 aliphatic heterocycles. The Morgan fingerprint density at radius 1 is 0.667 bits per heavy atom. The summed E-state index contributed by atoms with van der Waals surface area (Å²) in [5.74, 6) is 0.895. The van der Waals surface area contributed by atoms with Crippen LogP contribution in [0.5, 0.6) is 0 Å². The highest BCUT2D eigenvalue weighted by Gasteiger charge is 2.32. The van der Waals surface area contributed by atoms with E-state index in [1.165, 1.54) is 51.4 Å². The molecule has 2 aliphatic carbocycles. The highest BCUT2D eigenvalue weighted by Crippen LogP contribution is 2.41. The Hall–Kier alpha value is 0.230. The van der Waals surface area contributed by atoms with Gasteiger partial charge in [0.25, 0.3) is 0 Å². The van der Waals surface area contributed by atoms with E-state index in [0.29, 0.717) is 22.4 Å². The van der Waals surface area contributed by atoms with E-state index in [-0.39, 0.29) is 11.0 Å². The van der Waals surface area contributed by atoms with Crippen LogP contribution in [0.4, 0.5) is 0 Å². The van der Waals surface area contributed by atoms with Crippen molar-refractivity contribution >= 4 is 11.8 Å². The van der Waals surface area contributed by atoms with E-state index in [2.05, 4.69) is 53.3 Å². The lowest BCUT2D eigenvalue weighted by molar-refractivity contribution is -0.0569. The monoisotopic (exact) mass is 362 g/mol. The normalized spacial score (nSPS) is 31.8. The van der Waals surface area contributed by atoms with Gasteiger partial charge in [-0.3, -0.25) is 0 Å². The molecule has 0 atom stereocenters. The molecule has 0 amide bonds. The van der Waals surface area contributed by atoms with E-state index in [4.69, 9.17) is 4.74 Å². The Bertz CT molecular complexity index is 330. The molecule has 0 heterocycles. The maximum Gasteiger partial charge on any atom is 0.0579 e. The average Bonchev–Trinajstić information content (AvgIpc) is 2.39. The molecule has 0 aromatic carbocycles. The van der Waals surface area contributed by atoms with E-state index >= 15 is 0 Å². The topological polar surface area (TPSA) is 72.2 Å². The second-order valence-corrected chi connectivity index (χ2v) is 11.7.